The Balaban J connectivity index is 0.000000219. The zero-order valence-corrected chi connectivity index (χ0v) is 13.5. The predicted molar refractivity (Wildman–Crippen MR) is 90.8 cm³/mol. The van der Waals surface area contributed by atoms with Gasteiger partial charge in [-0.15, -0.1) is 0 Å². The smallest absolute Gasteiger partial charge is 0.314 e. The van der Waals surface area contributed by atoms with E-state index in [4.69, 9.17) is 11.6 Å². The van der Waals surface area contributed by atoms with E-state index in [-0.39, 0.29) is 6.29 Å². The lowest BCUT2D eigenvalue weighted by Gasteiger charge is -2.15. The summed E-state index contributed by atoms with van der Waals surface area (Å²) in [6, 6.07) is 15.9. The molecule has 0 bridgehead atoms. The summed E-state index contributed by atoms with van der Waals surface area (Å²) in [5, 5.41) is 23.8. The molecular weight excluding hydrogens is 332 g/mol. The molecule has 0 saturated heterocycles. The molecule has 1 heterocycles. The molecule has 1 aliphatic rings. The highest BCUT2D eigenvalue weighted by atomic mass is 35.5. The molecule has 0 aromatic heterocycles. The number of rotatable bonds is 2. The van der Waals surface area contributed by atoms with Crippen LogP contribution in [0.3, 0.4) is 0 Å². The zero-order valence-electron chi connectivity index (χ0n) is 12.8. The monoisotopic (exact) mass is 346 g/mol. The van der Waals surface area contributed by atoms with Gasteiger partial charge in [-0.2, -0.15) is 10.1 Å². The minimum absolute atomic E-state index is 0.140. The minimum atomic E-state index is -2.84. The van der Waals surface area contributed by atoms with Crippen LogP contribution < -0.4 is 5.01 Å². The third-order valence-electron chi connectivity index (χ3n) is 3.18. The van der Waals surface area contributed by atoms with E-state index < -0.39 is 17.4 Å². The average Bonchev–Trinajstić information content (AvgIpc) is 2.82. The first-order valence-corrected chi connectivity index (χ1v) is 7.35. The average molecular weight is 347 g/mol. The second-order valence-electron chi connectivity index (χ2n) is 5.02. The summed E-state index contributed by atoms with van der Waals surface area (Å²) in [6.45, 7) is 2.04. The van der Waals surface area contributed by atoms with Crippen LogP contribution in [0.25, 0.3) is 0 Å². The number of nitrogens with zero attached hydrogens (tertiary/aromatic N) is 2. The number of carbonyl (C=O) groups excluding carboxylic acids is 2. The highest BCUT2D eigenvalue weighted by molar-refractivity contribution is 6.41. The van der Waals surface area contributed by atoms with Crippen LogP contribution in [0.15, 0.2) is 59.7 Å². The fraction of sp³-hybridized carbons (Fsp3) is 0.118. The molecule has 0 radical (unpaired) electrons. The molecule has 2 aromatic rings. The molecule has 24 heavy (non-hydrogen) atoms. The number of hydrogen-bond acceptors (Lipinski definition) is 5. The number of hydrazone groups is 1. The number of carbonyl (C=O) groups is 2. The third-order valence-corrected chi connectivity index (χ3v) is 3.43. The highest BCUT2D eigenvalue weighted by Crippen LogP contribution is 2.23. The highest BCUT2D eigenvalue weighted by Gasteiger charge is 2.49. The Kier molecular flexibility index (Phi) is 5.46. The molecule has 7 heteroatoms. The Labute approximate surface area is 143 Å². The van der Waals surface area contributed by atoms with Gasteiger partial charge in [-0.3, -0.25) is 9.59 Å². The number of aryl methyl sites for hydroxylation is 1. The summed E-state index contributed by atoms with van der Waals surface area (Å²) >= 11 is 5.61. The fourth-order valence-corrected chi connectivity index (χ4v) is 1.99. The molecule has 2 N–H and O–H groups in total. The molecule has 6 nitrogen and oxygen atoms in total. The van der Waals surface area contributed by atoms with E-state index in [0.717, 1.165) is 10.0 Å². The van der Waals surface area contributed by atoms with Crippen molar-refractivity contribution in [2.75, 3.05) is 5.01 Å². The van der Waals surface area contributed by atoms with E-state index in [1.807, 2.05) is 31.2 Å². The first-order chi connectivity index (χ1) is 11.4. The Morgan fingerprint density at radius 1 is 1.08 bits per heavy atom. The van der Waals surface area contributed by atoms with Crippen molar-refractivity contribution in [2.45, 2.75) is 12.7 Å². The van der Waals surface area contributed by atoms with Crippen LogP contribution in [-0.2, 0) is 9.59 Å². The lowest BCUT2D eigenvalue weighted by molar-refractivity contribution is -0.156. The number of para-hydroxylation sites is 1. The van der Waals surface area contributed by atoms with Crippen molar-refractivity contribution in [1.82, 2.24) is 0 Å². The van der Waals surface area contributed by atoms with Crippen LogP contribution in [0.5, 0.6) is 0 Å². The largest absolute Gasteiger partial charge is 0.353 e. The van der Waals surface area contributed by atoms with Gasteiger partial charge in [-0.1, -0.05) is 47.5 Å². The Morgan fingerprint density at radius 2 is 1.67 bits per heavy atom. The van der Waals surface area contributed by atoms with Gasteiger partial charge in [-0.25, -0.2) is 0 Å². The molecule has 1 aliphatic heterocycles. The van der Waals surface area contributed by atoms with Crippen LogP contribution in [0.4, 0.5) is 5.69 Å². The number of anilines is 1. The van der Waals surface area contributed by atoms with Crippen molar-refractivity contribution in [3.63, 3.8) is 0 Å². The van der Waals surface area contributed by atoms with E-state index in [9.17, 15) is 19.8 Å². The number of benzene rings is 2. The van der Waals surface area contributed by atoms with Crippen molar-refractivity contribution < 1.29 is 19.8 Å². The van der Waals surface area contributed by atoms with E-state index in [0.29, 0.717) is 5.69 Å². The van der Waals surface area contributed by atoms with Gasteiger partial charge in [0.1, 0.15) is 0 Å². The summed E-state index contributed by atoms with van der Waals surface area (Å²) in [5.41, 5.74) is 0.979. The number of aliphatic hydroxyl groups is 2. The molecule has 2 aromatic carbocycles. The third kappa shape index (κ3) is 3.86. The van der Waals surface area contributed by atoms with E-state index >= 15 is 0 Å². The van der Waals surface area contributed by atoms with Crippen LogP contribution >= 0.6 is 11.6 Å². The van der Waals surface area contributed by atoms with Crippen molar-refractivity contribution >= 4 is 35.2 Å². The first kappa shape index (κ1) is 17.8. The van der Waals surface area contributed by atoms with Crippen molar-refractivity contribution in [3.8, 4) is 0 Å². The lowest BCUT2D eigenvalue weighted by atomic mass is 10.2. The lowest BCUT2D eigenvalue weighted by Crippen LogP contribution is -2.46. The van der Waals surface area contributed by atoms with Crippen LogP contribution in [-0.4, -0.2) is 33.9 Å². The first-order valence-electron chi connectivity index (χ1n) is 6.97. The molecule has 3 rings (SSSR count). The Morgan fingerprint density at radius 3 is 2.12 bits per heavy atom. The molecule has 0 aliphatic carbocycles. The number of halogens is 1. The standard InChI is InChI=1S/C10H8N2O4.C7H7Cl/c13-6-8-10(15,16)9(14)12(11-8)7-4-2-1-3-5-7;1-6-2-4-7(8)5-3-6/h1-6,15-16H;2-5H,1H3. The number of amides is 1. The molecule has 124 valence electrons. The quantitative estimate of drug-likeness (QED) is 0.642. The zero-order chi connectivity index (χ0) is 17.7. The maximum absolute atomic E-state index is 11.5. The molecule has 0 saturated carbocycles. The number of aldehydes is 1. The van der Waals surface area contributed by atoms with Gasteiger partial charge in [0.25, 0.3) is 5.79 Å². The van der Waals surface area contributed by atoms with Crippen molar-refractivity contribution in [2.24, 2.45) is 5.10 Å². The second-order valence-corrected chi connectivity index (χ2v) is 5.46. The van der Waals surface area contributed by atoms with E-state index in [2.05, 4.69) is 5.10 Å². The van der Waals surface area contributed by atoms with Gasteiger partial charge in [0.2, 0.25) is 0 Å². The van der Waals surface area contributed by atoms with E-state index in [1.54, 1.807) is 30.3 Å². The summed E-state index contributed by atoms with van der Waals surface area (Å²) in [7, 11) is 0. The van der Waals surface area contributed by atoms with Gasteiger partial charge in [0, 0.05) is 5.02 Å². The van der Waals surface area contributed by atoms with Gasteiger partial charge in [0.15, 0.2) is 12.0 Å². The minimum Gasteiger partial charge on any atom is -0.353 e. The normalized spacial score (nSPS) is 15.4. The molecule has 0 unspecified atom stereocenters. The van der Waals surface area contributed by atoms with Crippen LogP contribution in [0.2, 0.25) is 5.02 Å². The van der Waals surface area contributed by atoms with Crippen molar-refractivity contribution in [1.29, 1.82) is 0 Å². The Hall–Kier alpha value is -2.54. The van der Waals surface area contributed by atoms with Gasteiger partial charge in [0.05, 0.1) is 5.69 Å². The topological polar surface area (TPSA) is 90.2 Å². The summed E-state index contributed by atoms with van der Waals surface area (Å²) < 4.78 is 0. The van der Waals surface area contributed by atoms with Crippen LogP contribution in [0, 0.1) is 6.92 Å². The predicted octanol–water partition coefficient (Wildman–Crippen LogP) is 1.92. The second kappa shape index (κ2) is 7.35. The Bertz CT molecular complexity index is 737. The summed E-state index contributed by atoms with van der Waals surface area (Å²) in [4.78, 5) is 22.1. The van der Waals surface area contributed by atoms with Gasteiger partial charge >= 0.3 is 5.91 Å². The van der Waals surface area contributed by atoms with Crippen LogP contribution in [0.1, 0.15) is 5.56 Å². The molecular formula is C17H15ClN2O4. The van der Waals surface area contributed by atoms with Crippen molar-refractivity contribution in [3.05, 3.63) is 65.2 Å². The SMILES string of the molecule is Cc1ccc(Cl)cc1.O=CC1=NN(c2ccccc2)C(=O)C1(O)O. The fourth-order valence-electron chi connectivity index (χ4n) is 1.86. The summed E-state index contributed by atoms with van der Waals surface area (Å²) in [6.07, 6.45) is 0.140. The maximum atomic E-state index is 11.5. The number of hydrogen-bond donors (Lipinski definition) is 2. The molecule has 0 atom stereocenters. The summed E-state index contributed by atoms with van der Waals surface area (Å²) in [5.74, 6) is -3.90. The van der Waals surface area contributed by atoms with E-state index in [1.165, 1.54) is 5.56 Å². The molecule has 1 amide bonds. The molecule has 0 spiro atoms. The van der Waals surface area contributed by atoms with Gasteiger partial charge < -0.3 is 10.2 Å². The maximum Gasteiger partial charge on any atom is 0.314 e. The molecule has 0 fully saturated rings. The van der Waals surface area contributed by atoms with Gasteiger partial charge in [-0.05, 0) is 31.2 Å².